The van der Waals surface area contributed by atoms with E-state index in [0.717, 1.165) is 16.8 Å². The summed E-state index contributed by atoms with van der Waals surface area (Å²) in [5.74, 6) is -0.567. The smallest absolute Gasteiger partial charge is 0.387 e. The number of hydrogen-bond donors (Lipinski definition) is 9. The van der Waals surface area contributed by atoms with Crippen molar-refractivity contribution in [2.45, 2.75) is 49.1 Å². The number of nitrogens with one attached hydrogen (secondary N) is 1. The first kappa shape index (κ1) is 31.3. The molecule has 23 heteroatoms. The van der Waals surface area contributed by atoms with Crippen molar-refractivity contribution >= 4 is 27.2 Å². The summed E-state index contributed by atoms with van der Waals surface area (Å²) < 4.78 is 45.3. The first-order valence-corrected chi connectivity index (χ1v) is 14.6. The molecule has 2 saturated heterocycles. The van der Waals surface area contributed by atoms with E-state index in [0.29, 0.717) is 4.57 Å². The van der Waals surface area contributed by atoms with Gasteiger partial charge < -0.3 is 50.3 Å². The van der Waals surface area contributed by atoms with Crippen LogP contribution in [0.15, 0.2) is 34.1 Å². The topological polar surface area (TPSA) is 320 Å². The van der Waals surface area contributed by atoms with Crippen LogP contribution >= 0.6 is 15.6 Å². The number of nitrogen functional groups attached to an aromatic ring is 1. The molecular weight excluding hydrogens is 602 g/mol. The number of nitrogens with two attached hydrogens (primary N) is 1. The lowest BCUT2D eigenvalue weighted by atomic mass is 10.1. The molecule has 4 heterocycles. The number of ether oxygens (including phenoxy) is 2. The molecule has 2 fully saturated rings. The monoisotopic (exact) mass is 628 g/mol. The second kappa shape index (κ2) is 11.9. The number of hydrogen-bond acceptors (Lipinski definition) is 15. The number of rotatable bonds is 10. The molecule has 21 nitrogen and oxygen atoms in total. The lowest BCUT2D eigenvalue weighted by Gasteiger charge is -2.20. The largest absolute Gasteiger partial charge is 0.472 e. The Bertz CT molecular complexity index is 1470. The molecule has 228 valence electrons. The number of nitrogens with zero attached hydrogens (tertiary/aromatic N) is 4. The Morgan fingerprint density at radius 3 is 1.73 bits per heavy atom. The molecule has 2 aliphatic rings. The minimum atomic E-state index is -4.93. The highest BCUT2D eigenvalue weighted by Gasteiger charge is 2.47. The van der Waals surface area contributed by atoms with E-state index in [4.69, 9.17) is 34.0 Å². The lowest BCUT2D eigenvalue weighted by Crippen LogP contribution is -2.36. The summed E-state index contributed by atoms with van der Waals surface area (Å²) in [6.45, 7) is -1.64. The molecule has 0 spiro atoms. The molecule has 0 amide bonds. The van der Waals surface area contributed by atoms with E-state index < -0.39 is 95.1 Å². The molecule has 0 aliphatic carbocycles. The first-order valence-electron chi connectivity index (χ1n) is 11.5. The maximum atomic E-state index is 12.4. The Kier molecular flexibility index (Phi) is 9.12. The molecule has 41 heavy (non-hydrogen) atoms. The van der Waals surface area contributed by atoms with Crippen LogP contribution in [-0.4, -0.2) is 104 Å². The molecule has 10 N–H and O–H groups in total. The lowest BCUT2D eigenvalue weighted by molar-refractivity contribution is -0.0640. The van der Waals surface area contributed by atoms with E-state index in [1.165, 1.54) is 12.3 Å². The Morgan fingerprint density at radius 1 is 0.829 bits per heavy atom. The van der Waals surface area contributed by atoms with Crippen LogP contribution in [0.4, 0.5) is 11.6 Å². The van der Waals surface area contributed by atoms with E-state index >= 15 is 0 Å². The van der Waals surface area contributed by atoms with Crippen LogP contribution in [0.5, 0.6) is 0 Å². The zero-order valence-electron chi connectivity index (χ0n) is 20.5. The molecule has 0 aromatic carbocycles. The van der Waals surface area contributed by atoms with Crippen molar-refractivity contribution in [1.82, 2.24) is 19.1 Å². The highest BCUT2D eigenvalue weighted by molar-refractivity contribution is 7.53. The summed E-state index contributed by atoms with van der Waals surface area (Å²) in [7, 11) is -9.69. The summed E-state index contributed by atoms with van der Waals surface area (Å²) in [6.07, 6.45) is -10.5. The molecule has 2 aliphatic heterocycles. The second-order valence-electron chi connectivity index (χ2n) is 8.85. The molecule has 2 aromatic rings. The summed E-state index contributed by atoms with van der Waals surface area (Å²) in [5, 5.41) is 42.8. The summed E-state index contributed by atoms with van der Waals surface area (Å²) in [6, 6.07) is 2.24. The van der Waals surface area contributed by atoms with Crippen molar-refractivity contribution in [3.8, 4) is 0 Å². The predicted octanol–water partition coefficient (Wildman–Crippen LogP) is -4.04. The Balaban J connectivity index is 1.34. The fourth-order valence-electron chi connectivity index (χ4n) is 4.00. The number of aliphatic hydroxyl groups is 4. The molecule has 1 unspecified atom stereocenters. The second-order valence-corrected chi connectivity index (χ2v) is 11.6. The molecule has 0 bridgehead atoms. The van der Waals surface area contributed by atoms with E-state index in [1.54, 1.807) is 5.09 Å². The number of aliphatic hydroxyl groups excluding tert-OH is 4. The minimum absolute atomic E-state index is 0.0927. The predicted molar refractivity (Wildman–Crippen MR) is 131 cm³/mol. The maximum absolute atomic E-state index is 12.4. The fraction of sp³-hybridized carbons (Fsp3) is 0.556. The molecule has 2 aromatic heterocycles. The highest BCUT2D eigenvalue weighted by Crippen LogP contribution is 2.45. The molecular formula is C18H26N6O15P2. The van der Waals surface area contributed by atoms with Gasteiger partial charge in [-0.2, -0.15) is 9.97 Å². The van der Waals surface area contributed by atoms with Crippen molar-refractivity contribution < 1.29 is 62.8 Å². The van der Waals surface area contributed by atoms with E-state index in [2.05, 4.69) is 9.97 Å². The van der Waals surface area contributed by atoms with Crippen molar-refractivity contribution in [3.63, 3.8) is 0 Å². The van der Waals surface area contributed by atoms with Gasteiger partial charge in [-0.3, -0.25) is 23.3 Å². The minimum Gasteiger partial charge on any atom is -0.387 e. The van der Waals surface area contributed by atoms with E-state index in [1.807, 2.05) is 0 Å². The van der Waals surface area contributed by atoms with Gasteiger partial charge in [0.15, 0.2) is 12.5 Å². The maximum Gasteiger partial charge on any atom is 0.472 e. The van der Waals surface area contributed by atoms with E-state index in [9.17, 15) is 44.0 Å². The van der Waals surface area contributed by atoms with Gasteiger partial charge in [0.25, 0.3) is 0 Å². The summed E-state index contributed by atoms with van der Waals surface area (Å²) in [4.78, 5) is 59.0. The van der Waals surface area contributed by atoms with Crippen LogP contribution in [0.2, 0.25) is 0 Å². The van der Waals surface area contributed by atoms with E-state index in [-0.39, 0.29) is 5.82 Å². The van der Waals surface area contributed by atoms with Gasteiger partial charge in [-0.05, 0) is 12.1 Å². The summed E-state index contributed by atoms with van der Waals surface area (Å²) in [5.41, 5.74) is 3.41. The third-order valence-corrected chi connectivity index (χ3v) is 7.44. The van der Waals surface area contributed by atoms with Gasteiger partial charge in [0.1, 0.15) is 48.3 Å². The van der Waals surface area contributed by atoms with Crippen LogP contribution in [0.25, 0.3) is 0 Å². The third kappa shape index (κ3) is 7.24. The van der Waals surface area contributed by atoms with Gasteiger partial charge in [0.2, 0.25) is 0 Å². The Labute approximate surface area is 228 Å². The highest BCUT2D eigenvalue weighted by atomic mass is 31.2. The number of aromatic nitrogens is 4. The van der Waals surface area contributed by atoms with Crippen molar-refractivity contribution in [3.05, 3.63) is 45.5 Å². The standard InChI is InChI=1S/C18H26N6O15P2/c19-9-1-3-23(17(29)20-9)15-13(27)11(25)7(38-15)5-36-41(34,35)37-6-8-12(26)14(28)16(39-8)24-4-2-10(21-18(24)30)22-40(31,32)33/h1-4,7-8,11-16,25-28H,5-6H2,(H,34,35)(H2,19,20,29)(H3,21,22,30,31,32,33)/t7-,8-,11-,12-,13-,14-,15-,16-/m1/s1. The SMILES string of the molecule is Nc1ccn([C@@H]2O[C@H](COP(=O)(O)OC[C@H]3O[C@@H](n4ccc(NP(=O)(O)O)nc4=O)[C@H](O)[C@@H]3O)[C@@H](O)[C@H]2O)c(=O)n1. The van der Waals surface area contributed by atoms with Gasteiger partial charge >= 0.3 is 26.9 Å². The van der Waals surface area contributed by atoms with Crippen LogP contribution in [-0.2, 0) is 27.7 Å². The van der Waals surface area contributed by atoms with Crippen LogP contribution < -0.4 is 22.2 Å². The zero-order valence-corrected chi connectivity index (χ0v) is 22.3. The first-order chi connectivity index (χ1) is 19.1. The quantitative estimate of drug-likeness (QED) is 0.113. The molecule has 9 atom stereocenters. The zero-order chi connectivity index (χ0) is 30.3. The fourth-order valence-corrected chi connectivity index (χ4v) is 5.17. The molecule has 0 saturated carbocycles. The van der Waals surface area contributed by atoms with Crippen molar-refractivity contribution in [2.24, 2.45) is 0 Å². The van der Waals surface area contributed by atoms with Gasteiger partial charge in [-0.1, -0.05) is 0 Å². The average molecular weight is 628 g/mol. The normalized spacial score (nSPS) is 31.7. The summed E-state index contributed by atoms with van der Waals surface area (Å²) >= 11 is 0. The van der Waals surface area contributed by atoms with Crippen LogP contribution in [0.3, 0.4) is 0 Å². The average Bonchev–Trinajstić information content (AvgIpc) is 3.31. The van der Waals surface area contributed by atoms with Gasteiger partial charge in [0.05, 0.1) is 13.2 Å². The van der Waals surface area contributed by atoms with Crippen LogP contribution in [0, 0.1) is 0 Å². The Morgan fingerprint density at radius 2 is 1.29 bits per heavy atom. The van der Waals surface area contributed by atoms with Crippen LogP contribution in [0.1, 0.15) is 12.5 Å². The van der Waals surface area contributed by atoms with Gasteiger partial charge in [-0.25, -0.2) is 18.7 Å². The molecule has 4 rings (SSSR count). The van der Waals surface area contributed by atoms with Gasteiger partial charge in [0, 0.05) is 12.4 Å². The number of phosphoric acid groups is 1. The number of phosphoric ester groups is 1. The van der Waals surface area contributed by atoms with Crippen molar-refractivity contribution in [2.75, 3.05) is 24.0 Å². The van der Waals surface area contributed by atoms with Gasteiger partial charge in [-0.15, -0.1) is 0 Å². The Hall–Kier alpha value is -2.62. The number of anilines is 2. The third-order valence-electron chi connectivity index (χ3n) is 5.97. The van der Waals surface area contributed by atoms with Crippen molar-refractivity contribution in [1.29, 1.82) is 0 Å². The molecule has 0 radical (unpaired) electrons.